The lowest BCUT2D eigenvalue weighted by molar-refractivity contribution is 0.0697. The molecule has 1 aliphatic carbocycles. The van der Waals surface area contributed by atoms with Gasteiger partial charge in [-0.25, -0.2) is 4.79 Å². The van der Waals surface area contributed by atoms with E-state index in [-0.39, 0.29) is 0 Å². The van der Waals surface area contributed by atoms with Gasteiger partial charge in [-0.1, -0.05) is 18.2 Å². The second kappa shape index (κ2) is 3.73. The van der Waals surface area contributed by atoms with E-state index >= 15 is 0 Å². The molecule has 0 radical (unpaired) electrons. The smallest absolute Gasteiger partial charge is 0.336 e. The molecular formula is C13H12N2O2. The van der Waals surface area contributed by atoms with Gasteiger partial charge in [-0.15, -0.1) is 0 Å². The van der Waals surface area contributed by atoms with Gasteiger partial charge in [0.15, 0.2) is 0 Å². The topological polar surface area (TPSA) is 66.0 Å². The minimum absolute atomic E-state index is 0.293. The number of H-pyrrole nitrogens is 1. The Morgan fingerprint density at radius 1 is 1.35 bits per heavy atom. The van der Waals surface area contributed by atoms with Crippen molar-refractivity contribution in [3.8, 4) is 11.3 Å². The molecule has 0 amide bonds. The molecule has 17 heavy (non-hydrogen) atoms. The minimum atomic E-state index is -0.920. The van der Waals surface area contributed by atoms with Gasteiger partial charge >= 0.3 is 5.97 Å². The lowest BCUT2D eigenvalue weighted by Gasteiger charge is -2.01. The van der Waals surface area contributed by atoms with E-state index in [1.807, 2.05) is 12.1 Å². The molecule has 1 fully saturated rings. The molecular weight excluding hydrogens is 216 g/mol. The molecule has 4 nitrogen and oxygen atoms in total. The van der Waals surface area contributed by atoms with Crippen molar-refractivity contribution < 1.29 is 9.90 Å². The number of carboxylic acid groups (broad SMARTS) is 1. The zero-order valence-corrected chi connectivity index (χ0v) is 9.18. The fraction of sp³-hybridized carbons (Fsp3) is 0.231. The molecule has 2 aromatic rings. The van der Waals surface area contributed by atoms with Crippen LogP contribution in [0.15, 0.2) is 30.3 Å². The number of carboxylic acids is 1. The molecule has 0 saturated heterocycles. The number of carbonyl (C=O) groups is 1. The molecule has 3 rings (SSSR count). The summed E-state index contributed by atoms with van der Waals surface area (Å²) < 4.78 is 0. The Kier molecular flexibility index (Phi) is 2.21. The van der Waals surface area contributed by atoms with Crippen molar-refractivity contribution in [1.29, 1.82) is 0 Å². The van der Waals surface area contributed by atoms with Crippen LogP contribution in [-0.4, -0.2) is 21.3 Å². The van der Waals surface area contributed by atoms with Gasteiger partial charge in [-0.2, -0.15) is 5.10 Å². The zero-order valence-electron chi connectivity index (χ0n) is 9.18. The number of aromatic carboxylic acids is 1. The van der Waals surface area contributed by atoms with Crippen LogP contribution in [0.3, 0.4) is 0 Å². The second-order valence-electron chi connectivity index (χ2n) is 4.33. The standard InChI is InChI=1S/C13H12N2O2/c16-13(17)10-4-2-1-3-9(10)12-7-11(14-15-12)8-5-6-8/h1-4,7-8H,5-6H2,(H,14,15)(H,16,17). The van der Waals surface area contributed by atoms with Crippen LogP contribution in [0.25, 0.3) is 11.3 Å². The highest BCUT2D eigenvalue weighted by molar-refractivity contribution is 5.95. The van der Waals surface area contributed by atoms with Gasteiger partial charge in [0.05, 0.1) is 11.3 Å². The van der Waals surface area contributed by atoms with Crippen LogP contribution in [0, 0.1) is 0 Å². The largest absolute Gasteiger partial charge is 0.478 e. The van der Waals surface area contributed by atoms with Crippen LogP contribution in [0.2, 0.25) is 0 Å². The average molecular weight is 228 g/mol. The van der Waals surface area contributed by atoms with Crippen molar-refractivity contribution in [3.05, 3.63) is 41.6 Å². The minimum Gasteiger partial charge on any atom is -0.478 e. The Morgan fingerprint density at radius 2 is 2.12 bits per heavy atom. The summed E-state index contributed by atoms with van der Waals surface area (Å²) >= 11 is 0. The van der Waals surface area contributed by atoms with Crippen molar-refractivity contribution in [3.63, 3.8) is 0 Å². The average Bonchev–Trinajstić information content (AvgIpc) is 3.07. The molecule has 0 unspecified atom stereocenters. The molecule has 0 spiro atoms. The number of aromatic nitrogens is 2. The summed E-state index contributed by atoms with van der Waals surface area (Å²) in [7, 11) is 0. The maximum Gasteiger partial charge on any atom is 0.336 e. The summed E-state index contributed by atoms with van der Waals surface area (Å²) in [5.41, 5.74) is 2.79. The third-order valence-corrected chi connectivity index (χ3v) is 3.05. The van der Waals surface area contributed by atoms with E-state index in [0.717, 1.165) is 5.69 Å². The number of hydrogen-bond acceptors (Lipinski definition) is 2. The number of hydrogen-bond donors (Lipinski definition) is 2. The fourth-order valence-electron chi connectivity index (χ4n) is 1.97. The van der Waals surface area contributed by atoms with Crippen molar-refractivity contribution >= 4 is 5.97 Å². The summed E-state index contributed by atoms with van der Waals surface area (Å²) in [4.78, 5) is 11.1. The monoisotopic (exact) mass is 228 g/mol. The van der Waals surface area contributed by atoms with E-state index in [1.165, 1.54) is 12.8 Å². The molecule has 1 aromatic heterocycles. The first-order valence-electron chi connectivity index (χ1n) is 5.63. The first kappa shape index (κ1) is 10.1. The highest BCUT2D eigenvalue weighted by Gasteiger charge is 2.26. The lowest BCUT2D eigenvalue weighted by Crippen LogP contribution is -1.98. The fourth-order valence-corrected chi connectivity index (χ4v) is 1.97. The zero-order chi connectivity index (χ0) is 11.8. The van der Waals surface area contributed by atoms with Crippen LogP contribution in [0.1, 0.15) is 34.8 Å². The Hall–Kier alpha value is -2.10. The van der Waals surface area contributed by atoms with Crippen LogP contribution in [0.5, 0.6) is 0 Å². The Morgan fingerprint density at radius 3 is 2.82 bits per heavy atom. The molecule has 4 heteroatoms. The van der Waals surface area contributed by atoms with Gasteiger partial charge in [0, 0.05) is 17.2 Å². The van der Waals surface area contributed by atoms with Crippen LogP contribution < -0.4 is 0 Å². The number of aromatic amines is 1. The number of nitrogens with one attached hydrogen (secondary N) is 1. The summed E-state index contributed by atoms with van der Waals surface area (Å²) in [6, 6.07) is 8.90. The van der Waals surface area contributed by atoms with E-state index < -0.39 is 5.97 Å². The molecule has 0 bridgehead atoms. The Bertz CT molecular complexity index is 570. The molecule has 2 N–H and O–H groups in total. The second-order valence-corrected chi connectivity index (χ2v) is 4.33. The lowest BCUT2D eigenvalue weighted by atomic mass is 10.0. The van der Waals surface area contributed by atoms with E-state index in [0.29, 0.717) is 22.7 Å². The molecule has 1 aliphatic rings. The van der Waals surface area contributed by atoms with E-state index in [2.05, 4.69) is 10.2 Å². The molecule has 1 heterocycles. The van der Waals surface area contributed by atoms with E-state index in [9.17, 15) is 4.79 Å². The van der Waals surface area contributed by atoms with Crippen LogP contribution >= 0.6 is 0 Å². The van der Waals surface area contributed by atoms with Crippen LogP contribution in [-0.2, 0) is 0 Å². The normalized spacial score (nSPS) is 14.8. The number of benzene rings is 1. The summed E-state index contributed by atoms with van der Waals surface area (Å²) in [6.45, 7) is 0. The Balaban J connectivity index is 2.04. The summed E-state index contributed by atoms with van der Waals surface area (Å²) in [5.74, 6) is -0.329. The van der Waals surface area contributed by atoms with Crippen molar-refractivity contribution in [2.24, 2.45) is 0 Å². The first-order chi connectivity index (χ1) is 8.25. The van der Waals surface area contributed by atoms with E-state index in [1.54, 1.807) is 18.2 Å². The van der Waals surface area contributed by atoms with Gasteiger partial charge < -0.3 is 5.11 Å². The SMILES string of the molecule is O=C(O)c1ccccc1-c1cc(C2CC2)[nH]n1. The number of nitrogens with zero attached hydrogens (tertiary/aromatic N) is 1. The molecule has 0 aliphatic heterocycles. The van der Waals surface area contributed by atoms with Crippen LogP contribution in [0.4, 0.5) is 0 Å². The molecule has 1 aromatic carbocycles. The van der Waals surface area contributed by atoms with Gasteiger partial charge in [0.25, 0.3) is 0 Å². The van der Waals surface area contributed by atoms with Gasteiger partial charge in [0.2, 0.25) is 0 Å². The maximum absolute atomic E-state index is 11.1. The third-order valence-electron chi connectivity index (χ3n) is 3.05. The predicted octanol–water partition coefficient (Wildman–Crippen LogP) is 2.65. The molecule has 86 valence electrons. The third kappa shape index (κ3) is 1.82. The maximum atomic E-state index is 11.1. The highest BCUT2D eigenvalue weighted by atomic mass is 16.4. The van der Waals surface area contributed by atoms with Crippen molar-refractivity contribution in [2.45, 2.75) is 18.8 Å². The van der Waals surface area contributed by atoms with E-state index in [4.69, 9.17) is 5.11 Å². The van der Waals surface area contributed by atoms with Gasteiger partial charge in [-0.3, -0.25) is 5.10 Å². The highest BCUT2D eigenvalue weighted by Crippen LogP contribution is 2.40. The first-order valence-corrected chi connectivity index (χ1v) is 5.63. The van der Waals surface area contributed by atoms with Crippen molar-refractivity contribution in [1.82, 2.24) is 10.2 Å². The van der Waals surface area contributed by atoms with Crippen molar-refractivity contribution in [2.75, 3.05) is 0 Å². The van der Waals surface area contributed by atoms with Gasteiger partial charge in [-0.05, 0) is 25.0 Å². The molecule has 1 saturated carbocycles. The summed E-state index contributed by atoms with van der Waals surface area (Å²) in [6.07, 6.45) is 2.39. The number of rotatable bonds is 3. The Labute approximate surface area is 98.3 Å². The molecule has 0 atom stereocenters. The summed E-state index contributed by atoms with van der Waals surface area (Å²) in [5, 5.41) is 16.3. The quantitative estimate of drug-likeness (QED) is 0.848. The van der Waals surface area contributed by atoms with Gasteiger partial charge in [0.1, 0.15) is 0 Å². The predicted molar refractivity (Wildman–Crippen MR) is 63.0 cm³/mol.